The SMILES string of the molecule is CCC(C)c1ccc(N2c3cc(C)cc4c3B(c3cc5c(cc3N4c3ccc4c(c3)C(C)(C)CCC4(C)C)C(C)(C)CCC5(C)C)c3sc4ccc(C(C)(C)C)cc4c32)cc1. The van der Waals surface area contributed by atoms with Gasteiger partial charge in [-0.25, -0.2) is 0 Å². The van der Waals surface area contributed by atoms with Crippen LogP contribution in [0.5, 0.6) is 0 Å². The quantitative estimate of drug-likeness (QED) is 0.163. The molecule has 2 nitrogen and oxygen atoms in total. The van der Waals surface area contributed by atoms with E-state index in [9.17, 15) is 0 Å². The molecule has 4 aliphatic rings. The van der Waals surface area contributed by atoms with E-state index in [0.29, 0.717) is 5.92 Å². The summed E-state index contributed by atoms with van der Waals surface area (Å²) in [6.45, 7) is 33.9. The van der Waals surface area contributed by atoms with Crippen LogP contribution in [0.15, 0.2) is 84.9 Å². The number of hydrogen-bond acceptors (Lipinski definition) is 3. The Balaban J connectivity index is 1.32. The summed E-state index contributed by atoms with van der Waals surface area (Å²) in [6.07, 6.45) is 5.93. The van der Waals surface area contributed by atoms with Crippen LogP contribution in [0.1, 0.15) is 167 Å². The van der Waals surface area contributed by atoms with Gasteiger partial charge in [-0.3, -0.25) is 0 Å². The number of anilines is 6. The van der Waals surface area contributed by atoms with Gasteiger partial charge in [0.05, 0.1) is 5.69 Å². The van der Waals surface area contributed by atoms with Gasteiger partial charge in [-0.2, -0.15) is 0 Å². The highest BCUT2D eigenvalue weighted by atomic mass is 32.1. The molecule has 0 spiro atoms. The zero-order valence-electron chi connectivity index (χ0n) is 39.6. The van der Waals surface area contributed by atoms with E-state index in [1.165, 1.54) is 125 Å². The third kappa shape index (κ3) is 6.15. The molecule has 0 amide bonds. The number of benzene rings is 5. The Labute approximate surface area is 371 Å². The van der Waals surface area contributed by atoms with Crippen molar-refractivity contribution in [1.82, 2.24) is 0 Å². The summed E-state index contributed by atoms with van der Waals surface area (Å²) in [6, 6.07) is 34.8. The number of aryl methyl sites for hydroxylation is 1. The van der Waals surface area contributed by atoms with Gasteiger partial charge in [0.15, 0.2) is 0 Å². The van der Waals surface area contributed by atoms with E-state index >= 15 is 0 Å². The second-order valence-electron chi connectivity index (χ2n) is 23.2. The minimum absolute atomic E-state index is 0.0379. The number of thiophene rings is 1. The molecule has 3 heterocycles. The van der Waals surface area contributed by atoms with E-state index < -0.39 is 0 Å². The molecule has 10 rings (SSSR count). The molecule has 2 aliphatic heterocycles. The summed E-state index contributed by atoms with van der Waals surface area (Å²) < 4.78 is 2.83. The van der Waals surface area contributed by atoms with E-state index in [-0.39, 0.29) is 33.8 Å². The van der Waals surface area contributed by atoms with Crippen molar-refractivity contribution in [3.63, 3.8) is 0 Å². The van der Waals surface area contributed by atoms with Crippen molar-refractivity contribution in [2.75, 3.05) is 9.80 Å². The first kappa shape index (κ1) is 40.8. The third-order valence-electron chi connectivity index (χ3n) is 16.1. The first-order chi connectivity index (χ1) is 28.6. The van der Waals surface area contributed by atoms with E-state index in [0.717, 1.165) is 6.42 Å². The van der Waals surface area contributed by atoms with Crippen LogP contribution in [0.3, 0.4) is 0 Å². The third-order valence-corrected chi connectivity index (χ3v) is 17.3. The zero-order chi connectivity index (χ0) is 43.3. The van der Waals surface area contributed by atoms with Gasteiger partial charge in [0, 0.05) is 43.3 Å². The molecule has 0 fully saturated rings. The molecule has 0 saturated heterocycles. The zero-order valence-corrected chi connectivity index (χ0v) is 40.4. The van der Waals surface area contributed by atoms with Crippen LogP contribution in [-0.2, 0) is 27.1 Å². The molecule has 1 atom stereocenters. The van der Waals surface area contributed by atoms with Crippen molar-refractivity contribution < 1.29 is 0 Å². The van der Waals surface area contributed by atoms with Gasteiger partial charge in [0.1, 0.15) is 0 Å². The maximum absolute atomic E-state index is 2.70. The second-order valence-corrected chi connectivity index (χ2v) is 24.3. The summed E-state index contributed by atoms with van der Waals surface area (Å²) in [4.78, 5) is 5.37. The van der Waals surface area contributed by atoms with Crippen molar-refractivity contribution in [2.45, 2.75) is 162 Å². The maximum atomic E-state index is 2.70. The summed E-state index contributed by atoms with van der Waals surface area (Å²) >= 11 is 2.03. The Morgan fingerprint density at radius 3 is 1.79 bits per heavy atom. The summed E-state index contributed by atoms with van der Waals surface area (Å²) in [7, 11) is 0. The second kappa shape index (κ2) is 13.4. The fourth-order valence-corrected chi connectivity index (χ4v) is 12.9. The highest BCUT2D eigenvalue weighted by Gasteiger charge is 2.48. The summed E-state index contributed by atoms with van der Waals surface area (Å²) in [5.74, 6) is 0.524. The van der Waals surface area contributed by atoms with Crippen LogP contribution < -0.4 is 25.5 Å². The molecule has 0 N–H and O–H groups in total. The lowest BCUT2D eigenvalue weighted by Gasteiger charge is -2.47. The van der Waals surface area contributed by atoms with Gasteiger partial charge >= 0.3 is 0 Å². The Bertz CT molecular complexity index is 2770. The Morgan fingerprint density at radius 2 is 1.18 bits per heavy atom. The fraction of sp³-hybridized carbons (Fsp3) is 0.439. The molecule has 314 valence electrons. The maximum Gasteiger partial charge on any atom is 0.264 e. The number of nitrogens with zero attached hydrogens (tertiary/aromatic N) is 2. The number of fused-ring (bicyclic) bond motifs is 8. The standard InChI is InChI=1S/C57H67BN2S/c1-15-35(3)36-16-19-38(20-17-36)60-48-29-34(2)28-47-50(48)58(52-51(60)40-30-37(53(4,5)6)18-23-49(40)61-52)45-32-43-44(57(13,14)27-26-56(43,11)12)33-46(45)59(47)39-21-22-41-42(31-39)55(9,10)25-24-54(41,7)8/h16-23,28-33,35H,15,24-27H2,1-14H3. The molecule has 2 aliphatic carbocycles. The largest absolute Gasteiger partial charge is 0.311 e. The normalized spacial score (nSPS) is 19.5. The van der Waals surface area contributed by atoms with Crippen LogP contribution in [0, 0.1) is 6.92 Å². The first-order valence-electron chi connectivity index (χ1n) is 23.4. The van der Waals surface area contributed by atoms with Gasteiger partial charge in [0.25, 0.3) is 6.71 Å². The monoisotopic (exact) mass is 823 g/mol. The van der Waals surface area contributed by atoms with Crippen molar-refractivity contribution in [3.05, 3.63) is 124 Å². The van der Waals surface area contributed by atoms with E-state index in [1.54, 1.807) is 0 Å². The van der Waals surface area contributed by atoms with Crippen molar-refractivity contribution in [3.8, 4) is 0 Å². The summed E-state index contributed by atoms with van der Waals surface area (Å²) in [5.41, 5.74) is 21.4. The minimum atomic E-state index is 0.0379. The molecule has 0 saturated carbocycles. The minimum Gasteiger partial charge on any atom is -0.311 e. The number of hydrogen-bond donors (Lipinski definition) is 0. The predicted molar refractivity (Wildman–Crippen MR) is 269 cm³/mol. The molecule has 0 radical (unpaired) electrons. The van der Waals surface area contributed by atoms with Gasteiger partial charge in [-0.15, -0.1) is 11.3 Å². The lowest BCUT2D eigenvalue weighted by atomic mass is 9.35. The van der Waals surface area contributed by atoms with Gasteiger partial charge in [-0.05, 0) is 176 Å². The van der Waals surface area contributed by atoms with Crippen LogP contribution in [0.2, 0.25) is 0 Å². The lowest BCUT2D eigenvalue weighted by molar-refractivity contribution is 0.332. The van der Waals surface area contributed by atoms with Crippen LogP contribution in [-0.4, -0.2) is 6.71 Å². The molecule has 6 aromatic rings. The predicted octanol–water partition coefficient (Wildman–Crippen LogP) is 14.8. The van der Waals surface area contributed by atoms with Gasteiger partial charge < -0.3 is 9.80 Å². The van der Waals surface area contributed by atoms with Crippen molar-refractivity contribution in [2.24, 2.45) is 0 Å². The molecule has 0 bridgehead atoms. The fourth-order valence-electron chi connectivity index (χ4n) is 11.6. The highest BCUT2D eigenvalue weighted by molar-refractivity contribution is 7.33. The highest BCUT2D eigenvalue weighted by Crippen LogP contribution is 2.54. The lowest BCUT2D eigenvalue weighted by Crippen LogP contribution is -2.61. The van der Waals surface area contributed by atoms with E-state index in [2.05, 4.69) is 192 Å². The van der Waals surface area contributed by atoms with Crippen LogP contribution >= 0.6 is 11.3 Å². The molecular formula is C57H67BN2S. The van der Waals surface area contributed by atoms with Crippen LogP contribution in [0.4, 0.5) is 34.1 Å². The molecular weight excluding hydrogens is 756 g/mol. The average Bonchev–Trinajstić information content (AvgIpc) is 3.58. The number of rotatable bonds is 4. The van der Waals surface area contributed by atoms with Crippen molar-refractivity contribution >= 4 is 78.0 Å². The molecule has 1 unspecified atom stereocenters. The molecule has 1 aromatic heterocycles. The summed E-state index contributed by atoms with van der Waals surface area (Å²) in [5, 5.41) is 1.37. The molecule has 61 heavy (non-hydrogen) atoms. The van der Waals surface area contributed by atoms with Crippen molar-refractivity contribution in [1.29, 1.82) is 0 Å². The Morgan fingerprint density at radius 1 is 0.623 bits per heavy atom. The topological polar surface area (TPSA) is 6.48 Å². The molecule has 4 heteroatoms. The molecule has 5 aromatic carbocycles. The van der Waals surface area contributed by atoms with E-state index in [1.807, 2.05) is 11.3 Å². The van der Waals surface area contributed by atoms with Gasteiger partial charge in [-0.1, -0.05) is 120 Å². The first-order valence-corrected chi connectivity index (χ1v) is 24.2. The Kier molecular flexibility index (Phi) is 8.94. The average molecular weight is 823 g/mol. The smallest absolute Gasteiger partial charge is 0.264 e. The van der Waals surface area contributed by atoms with Crippen LogP contribution in [0.25, 0.3) is 10.1 Å². The Hall–Kier alpha value is -4.28. The van der Waals surface area contributed by atoms with E-state index in [4.69, 9.17) is 0 Å². The van der Waals surface area contributed by atoms with Gasteiger partial charge in [0.2, 0.25) is 0 Å².